The van der Waals surface area contributed by atoms with E-state index in [0.717, 1.165) is 16.8 Å². The third kappa shape index (κ3) is 4.34. The molecule has 0 atom stereocenters. The number of anilines is 1. The maximum Gasteiger partial charge on any atom is 0.148 e. The molecule has 128 valence electrons. The minimum absolute atomic E-state index is 0.162. The van der Waals surface area contributed by atoms with Crippen LogP contribution in [0.1, 0.15) is 19.4 Å². The quantitative estimate of drug-likeness (QED) is 0.672. The van der Waals surface area contributed by atoms with E-state index in [1.54, 1.807) is 0 Å². The second-order valence-electron chi connectivity index (χ2n) is 6.56. The predicted octanol–water partition coefficient (Wildman–Crippen LogP) is 5.33. The Morgan fingerprint density at radius 2 is 1.60 bits per heavy atom. The largest absolute Gasteiger partial charge is 0.368 e. The van der Waals surface area contributed by atoms with Gasteiger partial charge in [0.15, 0.2) is 0 Å². The monoisotopic (exact) mass is 355 g/mol. The lowest BCUT2D eigenvalue weighted by Gasteiger charge is -2.25. The van der Waals surface area contributed by atoms with Crippen molar-refractivity contribution in [1.29, 1.82) is 0 Å². The Labute approximate surface area is 151 Å². The molecule has 1 N–H and O–H groups in total. The summed E-state index contributed by atoms with van der Waals surface area (Å²) in [6.45, 7) is 4.86. The van der Waals surface area contributed by atoms with Crippen molar-refractivity contribution in [3.8, 4) is 11.3 Å². The van der Waals surface area contributed by atoms with Gasteiger partial charge in [0.2, 0.25) is 0 Å². The van der Waals surface area contributed by atoms with Crippen molar-refractivity contribution < 1.29 is 4.39 Å². The standard InChI is InChI=1S/C20H19ClFN3/c1-20(2,15-5-9-17(22)10-6-15)13-23-19-12-11-18(24-25-19)14-3-7-16(21)8-4-14/h3-12H,13H2,1-2H3,(H,23,25). The number of nitrogens with zero attached hydrogens (tertiary/aromatic N) is 2. The number of halogens is 2. The van der Waals surface area contributed by atoms with Crippen molar-refractivity contribution in [2.75, 3.05) is 11.9 Å². The third-order valence-electron chi connectivity index (χ3n) is 4.14. The van der Waals surface area contributed by atoms with Gasteiger partial charge in [-0.05, 0) is 42.0 Å². The van der Waals surface area contributed by atoms with Crippen LogP contribution in [0.3, 0.4) is 0 Å². The molecule has 2 aromatic carbocycles. The number of hydrogen-bond donors (Lipinski definition) is 1. The zero-order valence-corrected chi connectivity index (χ0v) is 14.9. The van der Waals surface area contributed by atoms with Crippen LogP contribution >= 0.6 is 11.6 Å². The van der Waals surface area contributed by atoms with Crippen LogP contribution in [0.25, 0.3) is 11.3 Å². The highest BCUT2D eigenvalue weighted by molar-refractivity contribution is 6.30. The minimum atomic E-state index is -0.226. The third-order valence-corrected chi connectivity index (χ3v) is 4.39. The van der Waals surface area contributed by atoms with Gasteiger partial charge in [-0.3, -0.25) is 0 Å². The number of benzene rings is 2. The lowest BCUT2D eigenvalue weighted by molar-refractivity contribution is 0.552. The minimum Gasteiger partial charge on any atom is -0.368 e. The summed E-state index contributed by atoms with van der Waals surface area (Å²) in [5.41, 5.74) is 2.66. The molecule has 3 rings (SSSR count). The molecule has 3 nitrogen and oxygen atoms in total. The van der Waals surface area contributed by atoms with E-state index >= 15 is 0 Å². The van der Waals surface area contributed by atoms with Crippen molar-refractivity contribution in [1.82, 2.24) is 10.2 Å². The maximum absolute atomic E-state index is 13.1. The van der Waals surface area contributed by atoms with Gasteiger partial charge in [-0.25, -0.2) is 4.39 Å². The summed E-state index contributed by atoms with van der Waals surface area (Å²) in [5, 5.41) is 12.5. The molecule has 0 fully saturated rings. The lowest BCUT2D eigenvalue weighted by atomic mass is 9.84. The van der Waals surface area contributed by atoms with Crippen LogP contribution in [0.15, 0.2) is 60.7 Å². The fourth-order valence-corrected chi connectivity index (χ4v) is 2.64. The molecule has 0 radical (unpaired) electrons. The Bertz CT molecular complexity index is 828. The average molecular weight is 356 g/mol. The Balaban J connectivity index is 1.67. The molecule has 0 aliphatic rings. The van der Waals surface area contributed by atoms with Crippen molar-refractivity contribution in [3.63, 3.8) is 0 Å². The summed E-state index contributed by atoms with van der Waals surface area (Å²) in [5.74, 6) is 0.476. The first-order chi connectivity index (χ1) is 11.9. The number of rotatable bonds is 5. The van der Waals surface area contributed by atoms with Crippen molar-refractivity contribution in [3.05, 3.63) is 77.1 Å². The second kappa shape index (κ2) is 7.19. The Hall–Kier alpha value is -2.46. The molecule has 25 heavy (non-hydrogen) atoms. The summed E-state index contributed by atoms with van der Waals surface area (Å²) in [6.07, 6.45) is 0. The topological polar surface area (TPSA) is 37.8 Å². The van der Waals surface area contributed by atoms with Gasteiger partial charge < -0.3 is 5.32 Å². The van der Waals surface area contributed by atoms with Gasteiger partial charge in [-0.15, -0.1) is 10.2 Å². The Morgan fingerprint density at radius 3 is 2.20 bits per heavy atom. The molecule has 1 aromatic heterocycles. The normalized spacial score (nSPS) is 11.4. The van der Waals surface area contributed by atoms with E-state index in [1.165, 1.54) is 12.1 Å². The Kier molecular flexibility index (Phi) is 5.00. The summed E-state index contributed by atoms with van der Waals surface area (Å²) in [7, 11) is 0. The molecule has 0 saturated heterocycles. The SMILES string of the molecule is CC(C)(CNc1ccc(-c2ccc(Cl)cc2)nn1)c1ccc(F)cc1. The average Bonchev–Trinajstić information content (AvgIpc) is 2.62. The van der Waals surface area contributed by atoms with Crippen LogP contribution in [0.5, 0.6) is 0 Å². The number of hydrogen-bond acceptors (Lipinski definition) is 3. The van der Waals surface area contributed by atoms with Crippen LogP contribution in [-0.4, -0.2) is 16.7 Å². The van der Waals surface area contributed by atoms with Gasteiger partial charge in [0, 0.05) is 22.5 Å². The molecule has 0 unspecified atom stereocenters. The zero-order valence-electron chi connectivity index (χ0n) is 14.1. The molecule has 0 saturated carbocycles. The van der Waals surface area contributed by atoms with Crippen LogP contribution in [0, 0.1) is 5.82 Å². The summed E-state index contributed by atoms with van der Waals surface area (Å²) >= 11 is 5.90. The molecule has 5 heteroatoms. The molecular weight excluding hydrogens is 337 g/mol. The van der Waals surface area contributed by atoms with E-state index < -0.39 is 0 Å². The summed E-state index contributed by atoms with van der Waals surface area (Å²) in [4.78, 5) is 0. The van der Waals surface area contributed by atoms with Gasteiger partial charge in [0.1, 0.15) is 11.6 Å². The summed E-state index contributed by atoms with van der Waals surface area (Å²) in [6, 6.07) is 17.9. The van der Waals surface area contributed by atoms with E-state index in [0.29, 0.717) is 17.4 Å². The van der Waals surface area contributed by atoms with E-state index in [4.69, 9.17) is 11.6 Å². The van der Waals surface area contributed by atoms with Crippen molar-refractivity contribution in [2.24, 2.45) is 0 Å². The fourth-order valence-electron chi connectivity index (χ4n) is 2.52. The molecule has 0 amide bonds. The van der Waals surface area contributed by atoms with Crippen molar-refractivity contribution in [2.45, 2.75) is 19.3 Å². The summed E-state index contributed by atoms with van der Waals surface area (Å²) < 4.78 is 13.1. The van der Waals surface area contributed by atoms with E-state index in [1.807, 2.05) is 48.5 Å². The van der Waals surface area contributed by atoms with Crippen molar-refractivity contribution >= 4 is 17.4 Å². The van der Waals surface area contributed by atoms with Crippen LogP contribution < -0.4 is 5.32 Å². The molecule has 3 aromatic rings. The van der Waals surface area contributed by atoms with E-state index in [-0.39, 0.29) is 11.2 Å². The van der Waals surface area contributed by atoms with Crippen LogP contribution in [-0.2, 0) is 5.41 Å². The first-order valence-corrected chi connectivity index (χ1v) is 8.41. The number of nitrogens with one attached hydrogen (secondary N) is 1. The Morgan fingerprint density at radius 1 is 0.920 bits per heavy atom. The lowest BCUT2D eigenvalue weighted by Crippen LogP contribution is -2.28. The van der Waals surface area contributed by atoms with Gasteiger partial charge in [0.05, 0.1) is 5.69 Å². The van der Waals surface area contributed by atoms with Crippen LogP contribution in [0.4, 0.5) is 10.2 Å². The highest BCUT2D eigenvalue weighted by Crippen LogP contribution is 2.24. The highest BCUT2D eigenvalue weighted by Gasteiger charge is 2.20. The van der Waals surface area contributed by atoms with E-state index in [2.05, 4.69) is 29.4 Å². The zero-order chi connectivity index (χ0) is 17.9. The van der Waals surface area contributed by atoms with Gasteiger partial charge in [-0.1, -0.05) is 49.7 Å². The molecule has 0 aliphatic heterocycles. The first kappa shape index (κ1) is 17.4. The van der Waals surface area contributed by atoms with Gasteiger partial charge in [-0.2, -0.15) is 0 Å². The highest BCUT2D eigenvalue weighted by atomic mass is 35.5. The smallest absolute Gasteiger partial charge is 0.148 e. The fraction of sp³-hybridized carbons (Fsp3) is 0.200. The molecule has 1 heterocycles. The first-order valence-electron chi connectivity index (χ1n) is 8.04. The van der Waals surface area contributed by atoms with Crippen LogP contribution in [0.2, 0.25) is 5.02 Å². The predicted molar refractivity (Wildman–Crippen MR) is 100 cm³/mol. The molecule has 0 spiro atoms. The maximum atomic E-state index is 13.1. The molecular formula is C20H19ClFN3. The van der Waals surface area contributed by atoms with Gasteiger partial charge in [0.25, 0.3) is 0 Å². The molecule has 0 aliphatic carbocycles. The van der Waals surface area contributed by atoms with Gasteiger partial charge >= 0.3 is 0 Å². The molecule has 0 bridgehead atoms. The van der Waals surface area contributed by atoms with E-state index in [9.17, 15) is 4.39 Å². The number of aromatic nitrogens is 2. The second-order valence-corrected chi connectivity index (χ2v) is 6.99.